The van der Waals surface area contributed by atoms with Crippen molar-refractivity contribution in [1.82, 2.24) is 0 Å². The first-order valence-corrected chi connectivity index (χ1v) is 5.22. The Morgan fingerprint density at radius 3 is 2.56 bits per heavy atom. The van der Waals surface area contributed by atoms with Crippen molar-refractivity contribution in [2.45, 2.75) is 18.4 Å². The zero-order valence-corrected chi connectivity index (χ0v) is 8.82. The van der Waals surface area contributed by atoms with Crippen LogP contribution in [0.5, 0.6) is 5.75 Å². The van der Waals surface area contributed by atoms with Crippen molar-refractivity contribution in [3.05, 3.63) is 30.1 Å². The summed E-state index contributed by atoms with van der Waals surface area (Å²) in [5.41, 5.74) is 5.01. The predicted molar refractivity (Wildman–Crippen MR) is 57.2 cm³/mol. The molecule has 1 saturated carbocycles. The summed E-state index contributed by atoms with van der Waals surface area (Å²) in [6.45, 7) is 0.153. The minimum absolute atomic E-state index is 0.153. The lowest BCUT2D eigenvalue weighted by atomic mass is 9.98. The van der Waals surface area contributed by atoms with Crippen LogP contribution in [-0.4, -0.2) is 12.1 Å². The summed E-state index contributed by atoms with van der Waals surface area (Å²) in [6.07, 6.45) is 1.97. The number of nitrogens with two attached hydrogens (primary N) is 1. The minimum atomic E-state index is -0.908. The maximum atomic E-state index is 12.6. The molecule has 0 aromatic heterocycles. The molecule has 1 aliphatic carbocycles. The van der Waals surface area contributed by atoms with Gasteiger partial charge in [-0.2, -0.15) is 5.26 Å². The van der Waals surface area contributed by atoms with E-state index in [0.29, 0.717) is 5.75 Å². The molecule has 0 heterocycles. The molecule has 0 amide bonds. The highest BCUT2D eigenvalue weighted by atomic mass is 19.1. The molecular formula is C12H13FN2O. The topological polar surface area (TPSA) is 59.0 Å². The van der Waals surface area contributed by atoms with Gasteiger partial charge in [0.1, 0.15) is 23.7 Å². The van der Waals surface area contributed by atoms with E-state index in [1.54, 1.807) is 0 Å². The van der Waals surface area contributed by atoms with Crippen molar-refractivity contribution in [1.29, 1.82) is 5.26 Å². The highest BCUT2D eigenvalue weighted by Crippen LogP contribution is 2.38. The standard InChI is InChI=1S/C12H13FN2O/c13-10-3-5-11(6-4-10)16-8-12(15,7-14)9-1-2-9/h3-6,9H,1-2,8,15H2. The number of ether oxygens (including phenoxy) is 1. The van der Waals surface area contributed by atoms with Gasteiger partial charge in [0.05, 0.1) is 6.07 Å². The molecule has 1 unspecified atom stereocenters. The lowest BCUT2D eigenvalue weighted by molar-refractivity contribution is 0.237. The van der Waals surface area contributed by atoms with E-state index in [-0.39, 0.29) is 18.3 Å². The second kappa shape index (κ2) is 4.11. The molecule has 0 radical (unpaired) electrons. The molecular weight excluding hydrogens is 207 g/mol. The van der Waals surface area contributed by atoms with E-state index in [2.05, 4.69) is 6.07 Å². The van der Waals surface area contributed by atoms with Crippen LogP contribution in [0.4, 0.5) is 4.39 Å². The van der Waals surface area contributed by atoms with E-state index in [4.69, 9.17) is 15.7 Å². The summed E-state index contributed by atoms with van der Waals surface area (Å²) in [5.74, 6) is 0.457. The van der Waals surface area contributed by atoms with Crippen molar-refractivity contribution >= 4 is 0 Å². The second-order valence-electron chi connectivity index (χ2n) is 4.17. The Bertz CT molecular complexity index is 408. The van der Waals surface area contributed by atoms with Crippen molar-refractivity contribution < 1.29 is 9.13 Å². The normalized spacial score (nSPS) is 18.6. The Morgan fingerprint density at radius 2 is 2.06 bits per heavy atom. The van der Waals surface area contributed by atoms with Crippen molar-refractivity contribution in [2.75, 3.05) is 6.61 Å². The molecule has 1 aromatic rings. The van der Waals surface area contributed by atoms with Gasteiger partial charge in [0, 0.05) is 0 Å². The van der Waals surface area contributed by atoms with E-state index < -0.39 is 5.54 Å². The summed E-state index contributed by atoms with van der Waals surface area (Å²) in [7, 11) is 0. The maximum absolute atomic E-state index is 12.6. The van der Waals surface area contributed by atoms with E-state index in [1.807, 2.05) is 0 Å². The smallest absolute Gasteiger partial charge is 0.141 e. The third-order valence-electron chi connectivity index (χ3n) is 2.81. The molecule has 2 N–H and O–H groups in total. The Hall–Kier alpha value is -1.60. The Morgan fingerprint density at radius 1 is 1.44 bits per heavy atom. The SMILES string of the molecule is N#CC(N)(COc1ccc(F)cc1)C1CC1. The first-order valence-electron chi connectivity index (χ1n) is 5.22. The Labute approximate surface area is 93.6 Å². The molecule has 1 atom stereocenters. The van der Waals surface area contributed by atoms with Crippen LogP contribution in [0, 0.1) is 23.1 Å². The molecule has 0 bridgehead atoms. The first kappa shape index (κ1) is 10.9. The molecule has 0 saturated heterocycles. The molecule has 4 heteroatoms. The molecule has 2 rings (SSSR count). The molecule has 84 valence electrons. The van der Waals surface area contributed by atoms with Crippen molar-refractivity contribution in [3.8, 4) is 11.8 Å². The second-order valence-corrected chi connectivity index (χ2v) is 4.17. The number of rotatable bonds is 4. The van der Waals surface area contributed by atoms with E-state index >= 15 is 0 Å². The van der Waals surface area contributed by atoms with Gasteiger partial charge in [0.25, 0.3) is 0 Å². The molecule has 16 heavy (non-hydrogen) atoms. The fourth-order valence-electron chi connectivity index (χ4n) is 1.57. The Balaban J connectivity index is 1.96. The molecule has 0 spiro atoms. The van der Waals surface area contributed by atoms with Crippen molar-refractivity contribution in [2.24, 2.45) is 11.7 Å². The third-order valence-corrected chi connectivity index (χ3v) is 2.81. The van der Waals surface area contributed by atoms with Crippen LogP contribution in [-0.2, 0) is 0 Å². The molecule has 1 aromatic carbocycles. The van der Waals surface area contributed by atoms with E-state index in [1.165, 1.54) is 24.3 Å². The lowest BCUT2D eigenvalue weighted by Crippen LogP contribution is -2.46. The zero-order chi connectivity index (χ0) is 11.6. The summed E-state index contributed by atoms with van der Waals surface area (Å²) in [6, 6.07) is 7.79. The van der Waals surface area contributed by atoms with Crippen LogP contribution in [0.25, 0.3) is 0 Å². The van der Waals surface area contributed by atoms with Gasteiger partial charge >= 0.3 is 0 Å². The van der Waals surface area contributed by atoms with Crippen molar-refractivity contribution in [3.63, 3.8) is 0 Å². The highest BCUT2D eigenvalue weighted by molar-refractivity contribution is 5.23. The largest absolute Gasteiger partial charge is 0.491 e. The summed E-state index contributed by atoms with van der Waals surface area (Å²) >= 11 is 0. The van der Waals surface area contributed by atoms with Gasteiger partial charge in [-0.1, -0.05) is 0 Å². The first-order chi connectivity index (χ1) is 7.64. The summed E-state index contributed by atoms with van der Waals surface area (Å²) in [4.78, 5) is 0. The highest BCUT2D eigenvalue weighted by Gasteiger charge is 2.43. The minimum Gasteiger partial charge on any atom is -0.491 e. The lowest BCUT2D eigenvalue weighted by Gasteiger charge is -2.21. The van der Waals surface area contributed by atoms with Gasteiger partial charge in [-0.25, -0.2) is 4.39 Å². The Kier molecular flexibility index (Phi) is 2.80. The third kappa shape index (κ3) is 2.31. The average molecular weight is 220 g/mol. The van der Waals surface area contributed by atoms with Crippen LogP contribution >= 0.6 is 0 Å². The number of halogens is 1. The van der Waals surface area contributed by atoms with Gasteiger partial charge < -0.3 is 10.5 Å². The zero-order valence-electron chi connectivity index (χ0n) is 8.82. The molecule has 0 aliphatic heterocycles. The van der Waals surface area contributed by atoms with Gasteiger partial charge in [0.15, 0.2) is 0 Å². The van der Waals surface area contributed by atoms with Crippen LogP contribution in [0.15, 0.2) is 24.3 Å². The summed E-state index contributed by atoms with van der Waals surface area (Å²) in [5, 5.41) is 9.00. The average Bonchev–Trinajstić information content (AvgIpc) is 3.12. The number of hydrogen-bond acceptors (Lipinski definition) is 3. The number of hydrogen-bond donors (Lipinski definition) is 1. The maximum Gasteiger partial charge on any atom is 0.141 e. The fraction of sp³-hybridized carbons (Fsp3) is 0.417. The summed E-state index contributed by atoms with van der Waals surface area (Å²) < 4.78 is 18.0. The molecule has 1 fully saturated rings. The van der Waals surface area contributed by atoms with E-state index in [9.17, 15) is 4.39 Å². The number of nitriles is 1. The van der Waals surface area contributed by atoms with Gasteiger partial charge in [-0.05, 0) is 43.0 Å². The van der Waals surface area contributed by atoms with Gasteiger partial charge in [-0.3, -0.25) is 0 Å². The fourth-order valence-corrected chi connectivity index (χ4v) is 1.57. The van der Waals surface area contributed by atoms with Crippen LogP contribution in [0.2, 0.25) is 0 Å². The van der Waals surface area contributed by atoms with Crippen LogP contribution in [0.3, 0.4) is 0 Å². The monoisotopic (exact) mass is 220 g/mol. The van der Waals surface area contributed by atoms with Crippen LogP contribution in [0.1, 0.15) is 12.8 Å². The predicted octanol–water partition coefficient (Wildman–Crippen LogP) is 1.84. The van der Waals surface area contributed by atoms with Crippen LogP contribution < -0.4 is 10.5 Å². The van der Waals surface area contributed by atoms with Gasteiger partial charge in [0.2, 0.25) is 0 Å². The molecule has 3 nitrogen and oxygen atoms in total. The van der Waals surface area contributed by atoms with Gasteiger partial charge in [-0.15, -0.1) is 0 Å². The van der Waals surface area contributed by atoms with E-state index in [0.717, 1.165) is 12.8 Å². The quantitative estimate of drug-likeness (QED) is 0.842. The number of benzene rings is 1. The molecule has 1 aliphatic rings. The number of nitrogens with zero attached hydrogens (tertiary/aromatic N) is 1.